The first-order valence-corrected chi connectivity index (χ1v) is 11.4. The summed E-state index contributed by atoms with van der Waals surface area (Å²) in [5.74, 6) is -0.480. The number of rotatable bonds is 3. The zero-order chi connectivity index (χ0) is 20.3. The predicted molar refractivity (Wildman–Crippen MR) is 117 cm³/mol. The van der Waals surface area contributed by atoms with Crippen molar-refractivity contribution in [2.24, 2.45) is 23.7 Å². The Labute approximate surface area is 185 Å². The second kappa shape index (κ2) is 7.06. The summed E-state index contributed by atoms with van der Waals surface area (Å²) in [6, 6.07) is 15.8. The van der Waals surface area contributed by atoms with Crippen LogP contribution in [0.2, 0.25) is 0 Å². The molecule has 3 aliphatic rings. The number of imide groups is 1. The zero-order valence-electron chi connectivity index (χ0n) is 15.3. The molecule has 1 N–H and O–H groups in total. The van der Waals surface area contributed by atoms with Crippen LogP contribution in [0, 0.1) is 23.7 Å². The molecule has 5 rings (SSSR count). The maximum absolute atomic E-state index is 13.1. The lowest BCUT2D eigenvalue weighted by Gasteiger charge is -2.28. The number of carbonyl (C=O) groups is 3. The average molecular weight is 518 g/mol. The SMILES string of the molecule is O=C(Nc1ccc(N2C(=O)[C@@H]3[C@H]4C[C@@H]([C@@H](Br)[C@H]4Br)[C@H]3C2=O)cc1)c1ccccc1. The number of alkyl halides is 2. The van der Waals surface area contributed by atoms with Crippen molar-refractivity contribution in [2.45, 2.75) is 16.1 Å². The first-order valence-electron chi connectivity index (χ1n) is 9.60. The van der Waals surface area contributed by atoms with Crippen LogP contribution in [0.15, 0.2) is 54.6 Å². The Morgan fingerprint density at radius 3 is 1.97 bits per heavy atom. The normalized spacial score (nSPS) is 32.6. The number of carbonyl (C=O) groups excluding carboxylic acids is 3. The molecule has 1 heterocycles. The number of fused-ring (bicyclic) bond motifs is 5. The van der Waals surface area contributed by atoms with E-state index in [9.17, 15) is 14.4 Å². The molecule has 148 valence electrons. The molecule has 2 saturated carbocycles. The highest BCUT2D eigenvalue weighted by Gasteiger charge is 2.66. The Balaban J connectivity index is 1.35. The molecule has 7 heteroatoms. The fourth-order valence-corrected chi connectivity index (χ4v) is 6.96. The maximum atomic E-state index is 13.1. The Morgan fingerprint density at radius 1 is 0.862 bits per heavy atom. The summed E-state index contributed by atoms with van der Waals surface area (Å²) in [5, 5.41) is 2.83. The minimum atomic E-state index is -0.233. The molecule has 3 amide bonds. The van der Waals surface area contributed by atoms with Crippen LogP contribution in [0.1, 0.15) is 16.8 Å². The van der Waals surface area contributed by atoms with E-state index in [1.165, 1.54) is 4.90 Å². The van der Waals surface area contributed by atoms with Gasteiger partial charge in [-0.25, -0.2) is 0 Å². The van der Waals surface area contributed by atoms with E-state index < -0.39 is 0 Å². The molecule has 2 bridgehead atoms. The molecule has 5 nitrogen and oxygen atoms in total. The number of nitrogens with zero attached hydrogens (tertiary/aromatic N) is 1. The molecule has 29 heavy (non-hydrogen) atoms. The number of benzene rings is 2. The van der Waals surface area contributed by atoms with E-state index in [4.69, 9.17) is 0 Å². The van der Waals surface area contributed by atoms with Gasteiger partial charge in [-0.3, -0.25) is 19.3 Å². The van der Waals surface area contributed by atoms with Crippen LogP contribution < -0.4 is 10.2 Å². The second-order valence-corrected chi connectivity index (χ2v) is 10.00. The number of nitrogens with one attached hydrogen (secondary N) is 1. The first kappa shape index (κ1) is 19.0. The van der Waals surface area contributed by atoms with Gasteiger partial charge < -0.3 is 5.32 Å². The number of halogens is 2. The van der Waals surface area contributed by atoms with E-state index in [1.807, 2.05) is 18.2 Å². The monoisotopic (exact) mass is 516 g/mol. The smallest absolute Gasteiger partial charge is 0.255 e. The highest BCUT2D eigenvalue weighted by molar-refractivity contribution is 9.12. The summed E-state index contributed by atoms with van der Waals surface area (Å²) in [4.78, 5) is 40.2. The average Bonchev–Trinajstić information content (AvgIpc) is 3.34. The van der Waals surface area contributed by atoms with Gasteiger partial charge in [0.2, 0.25) is 11.8 Å². The van der Waals surface area contributed by atoms with E-state index in [0.717, 1.165) is 6.42 Å². The van der Waals surface area contributed by atoms with Gasteiger partial charge in [0.05, 0.1) is 17.5 Å². The largest absolute Gasteiger partial charge is 0.322 e. The van der Waals surface area contributed by atoms with Crippen LogP contribution in [0.3, 0.4) is 0 Å². The van der Waals surface area contributed by atoms with E-state index in [1.54, 1.807) is 36.4 Å². The molecule has 1 saturated heterocycles. The molecule has 3 fully saturated rings. The van der Waals surface area contributed by atoms with Gasteiger partial charge >= 0.3 is 0 Å². The molecule has 2 aromatic carbocycles. The first-order chi connectivity index (χ1) is 14.0. The third-order valence-corrected chi connectivity index (χ3v) is 9.61. The number of hydrogen-bond donors (Lipinski definition) is 1. The molecule has 0 spiro atoms. The summed E-state index contributed by atoms with van der Waals surface area (Å²) < 4.78 is 0. The van der Waals surface area contributed by atoms with Gasteiger partial charge in [0.1, 0.15) is 0 Å². The standard InChI is InChI=1S/C22H18Br2N2O3/c23-18-14-10-15(19(18)24)17-16(14)21(28)26(22(17)29)13-8-6-12(7-9-13)25-20(27)11-4-2-1-3-5-11/h1-9,14-19H,10H2,(H,25,27)/t14-,15-,16-,17-,18-,19+/m1/s1. The quantitative estimate of drug-likeness (QED) is 0.489. The predicted octanol–water partition coefficient (Wildman–Crippen LogP) is 4.22. The topological polar surface area (TPSA) is 66.5 Å². The van der Waals surface area contributed by atoms with Crippen LogP contribution in [0.25, 0.3) is 0 Å². The third kappa shape index (κ3) is 2.89. The summed E-state index contributed by atoms with van der Waals surface area (Å²) in [6.45, 7) is 0. The molecular formula is C22H18Br2N2O3. The van der Waals surface area contributed by atoms with Crippen molar-refractivity contribution in [2.75, 3.05) is 10.2 Å². The van der Waals surface area contributed by atoms with E-state index >= 15 is 0 Å². The van der Waals surface area contributed by atoms with Gasteiger partial charge in [-0.1, -0.05) is 50.1 Å². The van der Waals surface area contributed by atoms with Crippen molar-refractivity contribution in [1.82, 2.24) is 0 Å². The van der Waals surface area contributed by atoms with Crippen LogP contribution in [-0.2, 0) is 9.59 Å². The number of amides is 3. The van der Waals surface area contributed by atoms with E-state index in [-0.39, 0.29) is 51.0 Å². The molecule has 0 unspecified atom stereocenters. The molecule has 2 aromatic rings. The third-order valence-electron chi connectivity index (χ3n) is 6.41. The lowest BCUT2D eigenvalue weighted by molar-refractivity contribution is -0.123. The van der Waals surface area contributed by atoms with Crippen LogP contribution >= 0.6 is 31.9 Å². The fraction of sp³-hybridized carbons (Fsp3) is 0.318. The Bertz CT molecular complexity index is 963. The Morgan fingerprint density at radius 2 is 1.41 bits per heavy atom. The van der Waals surface area contributed by atoms with E-state index in [2.05, 4.69) is 37.2 Å². The lowest BCUT2D eigenvalue weighted by Crippen LogP contribution is -2.37. The second-order valence-electron chi connectivity index (χ2n) is 7.88. The van der Waals surface area contributed by atoms with E-state index in [0.29, 0.717) is 16.9 Å². The Hall–Kier alpha value is -1.99. The fourth-order valence-electron chi connectivity index (χ4n) is 5.09. The van der Waals surface area contributed by atoms with Crippen LogP contribution in [0.5, 0.6) is 0 Å². The van der Waals surface area contributed by atoms with Gasteiger partial charge in [0.25, 0.3) is 5.91 Å². The maximum Gasteiger partial charge on any atom is 0.255 e. The Kier molecular flexibility index (Phi) is 4.62. The highest BCUT2D eigenvalue weighted by Crippen LogP contribution is 2.60. The van der Waals surface area contributed by atoms with Crippen molar-refractivity contribution in [1.29, 1.82) is 0 Å². The summed E-state index contributed by atoms with van der Waals surface area (Å²) in [7, 11) is 0. The molecule has 6 atom stereocenters. The minimum absolute atomic E-state index is 0.0996. The van der Waals surface area contributed by atoms with Crippen molar-refractivity contribution >= 4 is 61.0 Å². The molecule has 1 aliphatic heterocycles. The molecular weight excluding hydrogens is 500 g/mol. The van der Waals surface area contributed by atoms with Gasteiger partial charge in [-0.15, -0.1) is 0 Å². The summed E-state index contributed by atoms with van der Waals surface area (Å²) >= 11 is 7.41. The van der Waals surface area contributed by atoms with Crippen molar-refractivity contribution < 1.29 is 14.4 Å². The van der Waals surface area contributed by atoms with Gasteiger partial charge in [0.15, 0.2) is 0 Å². The van der Waals surface area contributed by atoms with Crippen LogP contribution in [-0.4, -0.2) is 27.4 Å². The van der Waals surface area contributed by atoms with Crippen molar-refractivity contribution in [3.05, 3.63) is 60.2 Å². The molecule has 0 aromatic heterocycles. The lowest BCUT2D eigenvalue weighted by atomic mass is 9.81. The highest BCUT2D eigenvalue weighted by atomic mass is 79.9. The summed E-state index contributed by atoms with van der Waals surface area (Å²) in [6.07, 6.45) is 0.914. The van der Waals surface area contributed by atoms with Crippen molar-refractivity contribution in [3.8, 4) is 0 Å². The minimum Gasteiger partial charge on any atom is -0.322 e. The number of anilines is 2. The molecule has 0 radical (unpaired) electrons. The number of hydrogen-bond acceptors (Lipinski definition) is 3. The zero-order valence-corrected chi connectivity index (χ0v) is 18.5. The van der Waals surface area contributed by atoms with Gasteiger partial charge in [0, 0.05) is 20.9 Å². The molecule has 2 aliphatic carbocycles. The van der Waals surface area contributed by atoms with Gasteiger partial charge in [-0.05, 0) is 54.7 Å². The van der Waals surface area contributed by atoms with Crippen LogP contribution in [0.4, 0.5) is 11.4 Å². The van der Waals surface area contributed by atoms with Gasteiger partial charge in [-0.2, -0.15) is 0 Å². The summed E-state index contributed by atoms with van der Waals surface area (Å²) in [5.41, 5.74) is 1.74. The van der Waals surface area contributed by atoms with Crippen molar-refractivity contribution in [3.63, 3.8) is 0 Å².